The third kappa shape index (κ3) is 5.47. The lowest BCUT2D eigenvalue weighted by Gasteiger charge is -1.95. The molecule has 0 aromatic carbocycles. The van der Waals surface area contributed by atoms with Gasteiger partial charge in [-0.2, -0.15) is 0 Å². The second-order valence-electron chi connectivity index (χ2n) is 2.06. The van der Waals surface area contributed by atoms with Crippen molar-refractivity contribution in [1.82, 2.24) is 0 Å². The fraction of sp³-hybridized carbons (Fsp3) is 0.800. The Morgan fingerprint density at radius 2 is 2.29 bits per heavy atom. The zero-order valence-corrected chi connectivity index (χ0v) is 4.77. The van der Waals surface area contributed by atoms with Crippen molar-refractivity contribution in [1.29, 1.82) is 0 Å². The molecule has 0 saturated carbocycles. The zero-order valence-electron chi connectivity index (χ0n) is 4.77. The molecule has 0 aromatic rings. The molecule has 44 valence electrons. The number of primary amides is 1. The summed E-state index contributed by atoms with van der Waals surface area (Å²) in [5.41, 5.74) is 4.85. The molecule has 0 aromatic heterocycles. The number of carbonyl (C=O) groups excluding carboxylic acids is 1. The van der Waals surface area contributed by atoms with E-state index in [-0.39, 0.29) is 7.33 Å². The Labute approximate surface area is 45.2 Å². The molecule has 0 unspecified atom stereocenters. The number of hydrogen-bond acceptors (Lipinski definition) is 1. The van der Waals surface area contributed by atoms with Gasteiger partial charge in [-0.1, -0.05) is 13.8 Å². The molecule has 2 N–H and O–H groups in total. The molecule has 0 atom stereocenters. The average Bonchev–Trinajstić information content (AvgIpc) is 1.27. The Morgan fingerprint density at radius 3 is 2.29 bits per heavy atom. The maximum atomic E-state index is 10.0. The quantitative estimate of drug-likeness (QED) is 0.551. The van der Waals surface area contributed by atoms with E-state index in [1.165, 1.54) is 0 Å². The van der Waals surface area contributed by atoms with Crippen LogP contribution >= 0.6 is 0 Å². The molecule has 1 amide bonds. The van der Waals surface area contributed by atoms with Crippen molar-refractivity contribution >= 4 is 5.91 Å². The molecule has 0 rings (SSSR count). The van der Waals surface area contributed by atoms with E-state index in [0.29, 0.717) is 12.3 Å². The fourth-order valence-electron chi connectivity index (χ4n) is 0.402. The molecule has 0 radical (unpaired) electrons. The summed E-state index contributed by atoms with van der Waals surface area (Å²) in [6, 6.07) is 0. The largest absolute Gasteiger partial charge is 0.370 e. The third-order valence-corrected chi connectivity index (χ3v) is 0.609. The first-order valence-corrected chi connectivity index (χ1v) is 2.41. The van der Waals surface area contributed by atoms with Crippen molar-refractivity contribution in [2.45, 2.75) is 20.3 Å². The molecule has 0 fully saturated rings. The van der Waals surface area contributed by atoms with E-state index < -0.39 is 0 Å². The van der Waals surface area contributed by atoms with E-state index in [1.54, 1.807) is 0 Å². The highest BCUT2D eigenvalue weighted by Crippen LogP contribution is 1.95. The van der Waals surface area contributed by atoms with E-state index in [0.717, 1.165) is 0 Å². The minimum Gasteiger partial charge on any atom is -0.370 e. The Kier molecular flexibility index (Phi) is 2.41. The van der Waals surface area contributed by atoms with Crippen LogP contribution in [0.1, 0.15) is 21.7 Å². The van der Waals surface area contributed by atoms with Gasteiger partial charge in [0.2, 0.25) is 5.91 Å². The summed E-state index contributed by atoms with van der Waals surface area (Å²) in [5, 5.41) is 0. The maximum absolute atomic E-state index is 10.0. The standard InChI is InChI=1S/C5H11NO.H2/c1-4(2)3-5(6)7;/h4H,3H2,1-2H3,(H2,6,7);1H. The maximum Gasteiger partial charge on any atom is 0.217 e. The van der Waals surface area contributed by atoms with Crippen LogP contribution in [0.15, 0.2) is 0 Å². The highest BCUT2D eigenvalue weighted by molar-refractivity contribution is 5.73. The molecule has 2 nitrogen and oxygen atoms in total. The van der Waals surface area contributed by atoms with Crippen molar-refractivity contribution in [3.8, 4) is 0 Å². The van der Waals surface area contributed by atoms with Crippen LogP contribution in [0, 0.1) is 5.92 Å². The summed E-state index contributed by atoms with van der Waals surface area (Å²) >= 11 is 0. The molecule has 0 aliphatic heterocycles. The average molecular weight is 103 g/mol. The van der Waals surface area contributed by atoms with Gasteiger partial charge in [0.25, 0.3) is 0 Å². The zero-order chi connectivity index (χ0) is 5.86. The fourth-order valence-corrected chi connectivity index (χ4v) is 0.402. The lowest BCUT2D eigenvalue weighted by molar-refractivity contribution is -0.118. The van der Waals surface area contributed by atoms with Crippen LogP contribution in [-0.4, -0.2) is 5.91 Å². The van der Waals surface area contributed by atoms with Gasteiger partial charge in [-0.05, 0) is 5.92 Å². The van der Waals surface area contributed by atoms with Crippen LogP contribution in [-0.2, 0) is 4.79 Å². The highest BCUT2D eigenvalue weighted by atomic mass is 16.1. The van der Waals surface area contributed by atoms with Gasteiger partial charge in [0.05, 0.1) is 0 Å². The van der Waals surface area contributed by atoms with Crippen molar-refractivity contribution < 1.29 is 6.22 Å². The van der Waals surface area contributed by atoms with Crippen LogP contribution in [0.4, 0.5) is 0 Å². The van der Waals surface area contributed by atoms with Gasteiger partial charge in [0.1, 0.15) is 0 Å². The summed E-state index contributed by atoms with van der Waals surface area (Å²) in [4.78, 5) is 10.0. The number of nitrogens with two attached hydrogens (primary N) is 1. The molecule has 0 aliphatic rings. The van der Waals surface area contributed by atoms with Crippen molar-refractivity contribution in [3.05, 3.63) is 0 Å². The van der Waals surface area contributed by atoms with Crippen molar-refractivity contribution in [2.24, 2.45) is 11.7 Å². The van der Waals surface area contributed by atoms with Gasteiger partial charge in [-0.3, -0.25) is 4.79 Å². The van der Waals surface area contributed by atoms with Crippen molar-refractivity contribution in [2.75, 3.05) is 0 Å². The summed E-state index contributed by atoms with van der Waals surface area (Å²) < 4.78 is 0. The van der Waals surface area contributed by atoms with E-state index >= 15 is 0 Å². The van der Waals surface area contributed by atoms with Crippen LogP contribution < -0.4 is 5.73 Å². The number of amides is 1. The minimum atomic E-state index is -0.213. The summed E-state index contributed by atoms with van der Waals surface area (Å²) in [5.74, 6) is 0.188. The van der Waals surface area contributed by atoms with Gasteiger partial charge in [0, 0.05) is 7.85 Å². The normalized spacial score (nSPS) is 9.57. The first-order valence-electron chi connectivity index (χ1n) is 2.41. The molecule has 0 aliphatic carbocycles. The summed E-state index contributed by atoms with van der Waals surface area (Å²) in [6.07, 6.45) is 0.500. The molecule has 7 heavy (non-hydrogen) atoms. The second-order valence-corrected chi connectivity index (χ2v) is 2.06. The number of carbonyl (C=O) groups is 1. The number of rotatable bonds is 2. The lowest BCUT2D eigenvalue weighted by Crippen LogP contribution is -2.12. The third-order valence-electron chi connectivity index (χ3n) is 0.609. The summed E-state index contributed by atoms with van der Waals surface area (Å²) in [6.45, 7) is 3.93. The Balaban J connectivity index is 0. The van der Waals surface area contributed by atoms with Crippen molar-refractivity contribution in [3.63, 3.8) is 0 Å². The van der Waals surface area contributed by atoms with E-state index in [2.05, 4.69) is 0 Å². The Hall–Kier alpha value is -0.530. The topological polar surface area (TPSA) is 43.1 Å². The molecule has 2 heteroatoms. The summed E-state index contributed by atoms with van der Waals surface area (Å²) in [7, 11) is 0. The smallest absolute Gasteiger partial charge is 0.217 e. The van der Waals surface area contributed by atoms with Crippen LogP contribution in [0.25, 0.3) is 0 Å². The minimum absolute atomic E-state index is 0. The van der Waals surface area contributed by atoms with E-state index in [9.17, 15) is 4.79 Å². The SMILES string of the molecule is CC(C)CC(N)=O.[HH]. The molecule has 0 bridgehead atoms. The first-order chi connectivity index (χ1) is 3.13. The van der Waals surface area contributed by atoms with Crippen LogP contribution in [0.3, 0.4) is 0 Å². The number of hydrogen-bond donors (Lipinski definition) is 1. The molecule has 0 spiro atoms. The Bertz CT molecular complexity index is 72.8. The molecular weight excluding hydrogens is 90.1 g/mol. The molecular formula is C5H13NO. The van der Waals surface area contributed by atoms with E-state index in [4.69, 9.17) is 5.73 Å². The van der Waals surface area contributed by atoms with Crippen LogP contribution in [0.2, 0.25) is 0 Å². The van der Waals surface area contributed by atoms with Gasteiger partial charge < -0.3 is 5.73 Å². The van der Waals surface area contributed by atoms with Gasteiger partial charge >= 0.3 is 0 Å². The van der Waals surface area contributed by atoms with Gasteiger partial charge in [0.15, 0.2) is 0 Å². The first kappa shape index (κ1) is 6.47. The monoisotopic (exact) mass is 103 g/mol. The Morgan fingerprint density at radius 1 is 1.86 bits per heavy atom. The highest BCUT2D eigenvalue weighted by Gasteiger charge is 1.96. The molecule has 0 saturated heterocycles. The van der Waals surface area contributed by atoms with Crippen LogP contribution in [0.5, 0.6) is 0 Å². The lowest BCUT2D eigenvalue weighted by atomic mass is 10.1. The van der Waals surface area contributed by atoms with Gasteiger partial charge in [-0.15, -0.1) is 0 Å². The van der Waals surface area contributed by atoms with E-state index in [1.807, 2.05) is 13.8 Å². The van der Waals surface area contributed by atoms with Gasteiger partial charge in [-0.25, -0.2) is 0 Å². The second kappa shape index (κ2) is 2.61. The molecule has 0 heterocycles. The predicted octanol–water partition coefficient (Wildman–Crippen LogP) is 0.764. The predicted molar refractivity (Wildman–Crippen MR) is 30.8 cm³/mol.